The number of anilines is 2. The van der Waals surface area contributed by atoms with Gasteiger partial charge >= 0.3 is 0 Å². The van der Waals surface area contributed by atoms with Gasteiger partial charge in [-0.25, -0.2) is 9.97 Å². The van der Waals surface area contributed by atoms with Crippen LogP contribution in [0.3, 0.4) is 0 Å². The molecule has 0 spiro atoms. The highest BCUT2D eigenvalue weighted by Crippen LogP contribution is 2.23. The number of aliphatic hydroxyl groups is 1. The molecule has 3 N–H and O–H groups in total. The Balaban J connectivity index is 2.10. The fraction of sp³-hybridized carbons (Fsp3) is 0.692. The van der Waals surface area contributed by atoms with Gasteiger partial charge in [0.25, 0.3) is 0 Å². The van der Waals surface area contributed by atoms with Crippen molar-refractivity contribution in [2.45, 2.75) is 31.8 Å². The van der Waals surface area contributed by atoms with Crippen molar-refractivity contribution in [2.24, 2.45) is 0 Å². The van der Waals surface area contributed by atoms with Crippen molar-refractivity contribution in [1.82, 2.24) is 9.97 Å². The molecule has 1 aliphatic heterocycles. The number of hydrogen-bond acceptors (Lipinski definition) is 6. The van der Waals surface area contributed by atoms with Crippen molar-refractivity contribution >= 4 is 11.6 Å². The Morgan fingerprint density at radius 3 is 2.84 bits per heavy atom. The molecule has 1 unspecified atom stereocenters. The average molecular weight is 266 g/mol. The maximum absolute atomic E-state index is 10.3. The standard InChI is InChI=1S/C13H22N4O2/c1-3-4-10-11(14-2)16-9-17-12(10)15-7-13(18)5-6-19-8-13/h9,18H,3-8H2,1-2H3,(H2,14,15,16,17). The maximum atomic E-state index is 10.3. The number of rotatable bonds is 6. The van der Waals surface area contributed by atoms with Gasteiger partial charge in [-0.15, -0.1) is 0 Å². The molecule has 6 nitrogen and oxygen atoms in total. The monoisotopic (exact) mass is 266 g/mol. The van der Waals surface area contributed by atoms with Crippen LogP contribution in [0.15, 0.2) is 6.33 Å². The van der Waals surface area contributed by atoms with Crippen molar-refractivity contribution in [3.8, 4) is 0 Å². The van der Waals surface area contributed by atoms with Crippen LogP contribution in [-0.4, -0.2) is 47.5 Å². The first-order valence-electron chi connectivity index (χ1n) is 6.74. The van der Waals surface area contributed by atoms with Crippen molar-refractivity contribution in [3.63, 3.8) is 0 Å². The van der Waals surface area contributed by atoms with E-state index in [9.17, 15) is 5.11 Å². The highest BCUT2D eigenvalue weighted by Gasteiger charge is 2.32. The van der Waals surface area contributed by atoms with Crippen molar-refractivity contribution in [2.75, 3.05) is 37.4 Å². The van der Waals surface area contributed by atoms with Crippen LogP contribution in [0, 0.1) is 0 Å². The molecule has 0 amide bonds. The van der Waals surface area contributed by atoms with E-state index in [2.05, 4.69) is 27.5 Å². The summed E-state index contributed by atoms with van der Waals surface area (Å²) in [6.07, 6.45) is 4.11. The first-order chi connectivity index (χ1) is 9.18. The summed E-state index contributed by atoms with van der Waals surface area (Å²) in [5.41, 5.74) is 0.281. The van der Waals surface area contributed by atoms with Crippen LogP contribution >= 0.6 is 0 Å². The molecule has 1 aromatic heterocycles. The second-order valence-electron chi connectivity index (χ2n) is 4.93. The van der Waals surface area contributed by atoms with Gasteiger partial charge in [0.05, 0.1) is 6.61 Å². The van der Waals surface area contributed by atoms with Crippen LogP contribution in [0.25, 0.3) is 0 Å². The zero-order chi connectivity index (χ0) is 13.7. The third-order valence-corrected chi connectivity index (χ3v) is 3.35. The number of nitrogens with zero attached hydrogens (tertiary/aromatic N) is 2. The van der Waals surface area contributed by atoms with E-state index in [1.807, 2.05) is 7.05 Å². The first kappa shape index (κ1) is 14.0. The Labute approximate surface area is 113 Å². The highest BCUT2D eigenvalue weighted by atomic mass is 16.5. The normalized spacial score (nSPS) is 22.5. The third kappa shape index (κ3) is 3.33. The van der Waals surface area contributed by atoms with Crippen LogP contribution in [0.1, 0.15) is 25.3 Å². The molecule has 106 valence electrons. The molecule has 2 rings (SSSR count). The van der Waals surface area contributed by atoms with Crippen molar-refractivity contribution in [1.29, 1.82) is 0 Å². The summed E-state index contributed by atoms with van der Waals surface area (Å²) in [5, 5.41) is 16.6. The number of nitrogens with one attached hydrogen (secondary N) is 2. The predicted octanol–water partition coefficient (Wildman–Crippen LogP) is 1.03. The molecule has 1 saturated heterocycles. The summed E-state index contributed by atoms with van der Waals surface area (Å²) in [6.45, 7) is 3.57. The molecule has 1 atom stereocenters. The Kier molecular flexibility index (Phi) is 4.55. The maximum Gasteiger partial charge on any atom is 0.134 e. The lowest BCUT2D eigenvalue weighted by Crippen LogP contribution is -2.37. The van der Waals surface area contributed by atoms with E-state index in [1.54, 1.807) is 0 Å². The largest absolute Gasteiger partial charge is 0.386 e. The molecule has 0 aromatic carbocycles. The predicted molar refractivity (Wildman–Crippen MR) is 74.4 cm³/mol. The molecule has 19 heavy (non-hydrogen) atoms. The van der Waals surface area contributed by atoms with Crippen LogP contribution in [0.5, 0.6) is 0 Å². The molecule has 2 heterocycles. The molecular formula is C13H22N4O2. The smallest absolute Gasteiger partial charge is 0.134 e. The van der Waals surface area contributed by atoms with E-state index in [4.69, 9.17) is 4.74 Å². The Hall–Kier alpha value is -1.40. The lowest BCUT2D eigenvalue weighted by Gasteiger charge is -2.22. The highest BCUT2D eigenvalue weighted by molar-refractivity contribution is 5.57. The van der Waals surface area contributed by atoms with E-state index in [1.165, 1.54) is 6.33 Å². The third-order valence-electron chi connectivity index (χ3n) is 3.35. The van der Waals surface area contributed by atoms with Crippen LogP contribution in [0.4, 0.5) is 11.6 Å². The van der Waals surface area contributed by atoms with Crippen LogP contribution < -0.4 is 10.6 Å². The lowest BCUT2D eigenvalue weighted by atomic mass is 10.0. The van der Waals surface area contributed by atoms with Gasteiger partial charge in [0, 0.05) is 32.2 Å². The second kappa shape index (κ2) is 6.16. The van der Waals surface area contributed by atoms with E-state index in [-0.39, 0.29) is 0 Å². The summed E-state index contributed by atoms with van der Waals surface area (Å²) < 4.78 is 5.24. The Morgan fingerprint density at radius 1 is 1.42 bits per heavy atom. The summed E-state index contributed by atoms with van der Waals surface area (Å²) in [5.74, 6) is 1.63. The number of aromatic nitrogens is 2. The number of ether oxygens (including phenoxy) is 1. The van der Waals surface area contributed by atoms with E-state index < -0.39 is 5.60 Å². The van der Waals surface area contributed by atoms with Gasteiger partial charge in [0.15, 0.2) is 0 Å². The molecule has 0 bridgehead atoms. The molecule has 0 radical (unpaired) electrons. The van der Waals surface area contributed by atoms with Gasteiger partial charge in [0.1, 0.15) is 23.6 Å². The Morgan fingerprint density at radius 2 is 2.21 bits per heavy atom. The first-order valence-corrected chi connectivity index (χ1v) is 6.74. The average Bonchev–Trinajstić information content (AvgIpc) is 2.85. The zero-order valence-electron chi connectivity index (χ0n) is 11.6. The Bertz CT molecular complexity index is 419. The van der Waals surface area contributed by atoms with Gasteiger partial charge in [-0.05, 0) is 6.42 Å². The minimum atomic E-state index is -0.783. The number of hydrogen-bond donors (Lipinski definition) is 3. The second-order valence-corrected chi connectivity index (χ2v) is 4.93. The zero-order valence-corrected chi connectivity index (χ0v) is 11.6. The summed E-state index contributed by atoms with van der Waals surface area (Å²) in [4.78, 5) is 8.51. The fourth-order valence-electron chi connectivity index (χ4n) is 2.25. The van der Waals surface area contributed by atoms with Crippen LogP contribution in [-0.2, 0) is 11.2 Å². The summed E-state index contributed by atoms with van der Waals surface area (Å²) >= 11 is 0. The minimum Gasteiger partial charge on any atom is -0.386 e. The molecular weight excluding hydrogens is 244 g/mol. The van der Waals surface area contributed by atoms with E-state index >= 15 is 0 Å². The van der Waals surface area contributed by atoms with Gasteiger partial charge in [-0.2, -0.15) is 0 Å². The molecule has 0 aliphatic carbocycles. The van der Waals surface area contributed by atoms with Gasteiger partial charge in [-0.3, -0.25) is 0 Å². The van der Waals surface area contributed by atoms with E-state index in [0.717, 1.165) is 30.0 Å². The molecule has 0 saturated carbocycles. The van der Waals surface area contributed by atoms with E-state index in [0.29, 0.717) is 26.2 Å². The summed E-state index contributed by atoms with van der Waals surface area (Å²) in [7, 11) is 1.85. The fourth-order valence-corrected chi connectivity index (χ4v) is 2.25. The molecule has 1 aliphatic rings. The lowest BCUT2D eigenvalue weighted by molar-refractivity contribution is 0.0381. The van der Waals surface area contributed by atoms with Crippen molar-refractivity contribution in [3.05, 3.63) is 11.9 Å². The van der Waals surface area contributed by atoms with Crippen LogP contribution in [0.2, 0.25) is 0 Å². The van der Waals surface area contributed by atoms with Gasteiger partial charge in [0.2, 0.25) is 0 Å². The van der Waals surface area contributed by atoms with Gasteiger partial charge < -0.3 is 20.5 Å². The minimum absolute atomic E-state index is 0.382. The van der Waals surface area contributed by atoms with Gasteiger partial charge in [-0.1, -0.05) is 13.3 Å². The quantitative estimate of drug-likeness (QED) is 0.714. The SMILES string of the molecule is CCCc1c(NC)ncnc1NCC1(O)CCOC1. The molecule has 1 aromatic rings. The topological polar surface area (TPSA) is 79.3 Å². The van der Waals surface area contributed by atoms with Crippen molar-refractivity contribution < 1.29 is 9.84 Å². The molecule has 6 heteroatoms. The summed E-state index contributed by atoms with van der Waals surface area (Å²) in [6, 6.07) is 0. The molecule has 1 fully saturated rings.